The molecule has 1 aliphatic heterocycles. The van der Waals surface area contributed by atoms with Crippen molar-refractivity contribution in [1.82, 2.24) is 14.9 Å². The van der Waals surface area contributed by atoms with Gasteiger partial charge in [0.05, 0.1) is 19.7 Å². The summed E-state index contributed by atoms with van der Waals surface area (Å²) in [4.78, 5) is 16.6. The molecule has 2 aromatic carbocycles. The van der Waals surface area contributed by atoms with Gasteiger partial charge in [-0.05, 0) is 55.9 Å². The Labute approximate surface area is 190 Å². The van der Waals surface area contributed by atoms with Crippen molar-refractivity contribution < 1.29 is 19.5 Å². The van der Waals surface area contributed by atoms with E-state index in [2.05, 4.69) is 22.2 Å². The summed E-state index contributed by atoms with van der Waals surface area (Å²) in [6.45, 7) is 7.74. The third-order valence-corrected chi connectivity index (χ3v) is 5.37. The molecule has 2 aromatic rings. The molecular weight excluding hydrogens is 408 g/mol. The quantitative estimate of drug-likeness (QED) is 0.315. The van der Waals surface area contributed by atoms with Gasteiger partial charge in [0.1, 0.15) is 12.4 Å². The second kappa shape index (κ2) is 12.4. The number of nitrogens with one attached hydrogen (secondary N) is 1. The molecule has 1 amide bonds. The normalized spacial score (nSPS) is 14.8. The highest BCUT2D eigenvalue weighted by Crippen LogP contribution is 2.21. The Hall–Kier alpha value is -2.65. The molecule has 0 spiro atoms. The summed E-state index contributed by atoms with van der Waals surface area (Å²) in [6.07, 6.45) is 0. The SMILES string of the molecule is CCOCCOc1ccc(Nc2ccc(CN(O)C(=O)CN3CCN(C)CC3)cc2)cc1. The molecule has 0 atom stereocenters. The lowest BCUT2D eigenvalue weighted by molar-refractivity contribution is -0.169. The van der Waals surface area contributed by atoms with Crippen LogP contribution < -0.4 is 10.1 Å². The summed E-state index contributed by atoms with van der Waals surface area (Å²) in [5, 5.41) is 14.3. The van der Waals surface area contributed by atoms with Gasteiger partial charge in [0.25, 0.3) is 5.91 Å². The van der Waals surface area contributed by atoms with E-state index in [1.165, 1.54) is 0 Å². The van der Waals surface area contributed by atoms with Gasteiger partial charge < -0.3 is 19.7 Å². The minimum absolute atomic E-state index is 0.167. The molecule has 0 bridgehead atoms. The summed E-state index contributed by atoms with van der Waals surface area (Å²) in [5.41, 5.74) is 2.73. The van der Waals surface area contributed by atoms with Gasteiger partial charge in [-0.1, -0.05) is 12.1 Å². The lowest BCUT2D eigenvalue weighted by Gasteiger charge is -2.32. The van der Waals surface area contributed by atoms with Gasteiger partial charge in [-0.15, -0.1) is 0 Å². The van der Waals surface area contributed by atoms with Gasteiger partial charge in [-0.3, -0.25) is 14.9 Å². The third kappa shape index (κ3) is 7.80. The van der Waals surface area contributed by atoms with E-state index in [0.29, 0.717) is 19.8 Å². The van der Waals surface area contributed by atoms with Crippen LogP contribution >= 0.6 is 0 Å². The van der Waals surface area contributed by atoms with Crippen molar-refractivity contribution >= 4 is 17.3 Å². The van der Waals surface area contributed by atoms with E-state index in [4.69, 9.17) is 9.47 Å². The number of carbonyl (C=O) groups is 1. The maximum Gasteiger partial charge on any atom is 0.260 e. The molecule has 3 rings (SSSR count). The molecule has 1 aliphatic rings. The number of anilines is 2. The first kappa shape index (κ1) is 24.0. The Morgan fingerprint density at radius 1 is 1.00 bits per heavy atom. The van der Waals surface area contributed by atoms with Crippen LogP contribution in [-0.2, 0) is 16.1 Å². The lowest BCUT2D eigenvalue weighted by atomic mass is 10.2. The third-order valence-electron chi connectivity index (χ3n) is 5.37. The van der Waals surface area contributed by atoms with E-state index in [9.17, 15) is 10.0 Å². The number of hydrogen-bond donors (Lipinski definition) is 2. The van der Waals surface area contributed by atoms with E-state index in [0.717, 1.165) is 53.9 Å². The average molecular weight is 443 g/mol. The van der Waals surface area contributed by atoms with Crippen LogP contribution in [0.25, 0.3) is 0 Å². The van der Waals surface area contributed by atoms with Gasteiger partial charge in [0.2, 0.25) is 0 Å². The van der Waals surface area contributed by atoms with Crippen molar-refractivity contribution in [3.63, 3.8) is 0 Å². The van der Waals surface area contributed by atoms with Crippen LogP contribution in [0, 0.1) is 0 Å². The molecular formula is C24H34N4O4. The van der Waals surface area contributed by atoms with Gasteiger partial charge in [0, 0.05) is 44.2 Å². The number of hydrogen-bond acceptors (Lipinski definition) is 7. The number of carbonyl (C=O) groups excluding carboxylic acids is 1. The minimum atomic E-state index is -0.277. The number of likely N-dealkylation sites (N-methyl/N-ethyl adjacent to an activating group) is 1. The van der Waals surface area contributed by atoms with E-state index in [1.54, 1.807) is 0 Å². The van der Waals surface area contributed by atoms with Crippen LogP contribution in [0.3, 0.4) is 0 Å². The predicted molar refractivity (Wildman–Crippen MR) is 124 cm³/mol. The summed E-state index contributed by atoms with van der Waals surface area (Å²) in [6, 6.07) is 15.4. The predicted octanol–water partition coefficient (Wildman–Crippen LogP) is 2.81. The second-order valence-electron chi connectivity index (χ2n) is 7.92. The van der Waals surface area contributed by atoms with Crippen LogP contribution in [0.5, 0.6) is 5.75 Å². The Morgan fingerprint density at radius 3 is 2.25 bits per heavy atom. The van der Waals surface area contributed by atoms with Crippen LogP contribution in [0.15, 0.2) is 48.5 Å². The van der Waals surface area contributed by atoms with Gasteiger partial charge in [-0.2, -0.15) is 0 Å². The number of nitrogens with zero attached hydrogens (tertiary/aromatic N) is 3. The molecule has 0 aromatic heterocycles. The fourth-order valence-electron chi connectivity index (χ4n) is 3.40. The maximum atomic E-state index is 12.3. The van der Waals surface area contributed by atoms with E-state index in [1.807, 2.05) is 55.5 Å². The van der Waals surface area contributed by atoms with Gasteiger partial charge in [-0.25, -0.2) is 5.06 Å². The largest absolute Gasteiger partial charge is 0.491 e. The van der Waals surface area contributed by atoms with E-state index < -0.39 is 0 Å². The molecule has 2 N–H and O–H groups in total. The number of amides is 1. The fraction of sp³-hybridized carbons (Fsp3) is 0.458. The van der Waals surface area contributed by atoms with Crippen molar-refractivity contribution in [2.75, 3.05) is 64.9 Å². The number of hydroxylamine groups is 2. The fourth-order valence-corrected chi connectivity index (χ4v) is 3.40. The van der Waals surface area contributed by atoms with E-state index >= 15 is 0 Å². The Bertz CT molecular complexity index is 821. The molecule has 1 fully saturated rings. The Balaban J connectivity index is 1.43. The number of rotatable bonds is 11. The molecule has 0 radical (unpaired) electrons. The Kier molecular flexibility index (Phi) is 9.30. The van der Waals surface area contributed by atoms with Crippen LogP contribution in [0.1, 0.15) is 12.5 Å². The average Bonchev–Trinajstić information content (AvgIpc) is 2.80. The highest BCUT2D eigenvalue weighted by molar-refractivity contribution is 5.77. The molecule has 8 nitrogen and oxygen atoms in total. The first-order valence-electron chi connectivity index (χ1n) is 11.1. The summed E-state index contributed by atoms with van der Waals surface area (Å²) >= 11 is 0. The minimum Gasteiger partial charge on any atom is -0.491 e. The molecule has 32 heavy (non-hydrogen) atoms. The lowest BCUT2D eigenvalue weighted by Crippen LogP contribution is -2.48. The molecule has 0 aliphatic carbocycles. The zero-order valence-corrected chi connectivity index (χ0v) is 19.0. The summed E-state index contributed by atoms with van der Waals surface area (Å²) in [7, 11) is 2.07. The van der Waals surface area contributed by atoms with Crippen molar-refractivity contribution in [1.29, 1.82) is 0 Å². The Morgan fingerprint density at radius 2 is 1.62 bits per heavy atom. The highest BCUT2D eigenvalue weighted by atomic mass is 16.5. The van der Waals surface area contributed by atoms with Crippen LogP contribution in [0.2, 0.25) is 0 Å². The molecule has 174 valence electrons. The monoisotopic (exact) mass is 442 g/mol. The smallest absolute Gasteiger partial charge is 0.260 e. The standard InChI is InChI=1S/C24H34N4O4/c1-3-31-16-17-32-23-10-8-22(9-11-23)25-21-6-4-20(5-7-21)18-28(30)24(29)19-27-14-12-26(2)13-15-27/h4-11,25,30H,3,12-19H2,1-2H3. The molecule has 0 saturated carbocycles. The summed E-state index contributed by atoms with van der Waals surface area (Å²) in [5.74, 6) is 0.523. The number of benzene rings is 2. The molecule has 1 saturated heterocycles. The number of ether oxygens (including phenoxy) is 2. The van der Waals surface area contributed by atoms with E-state index in [-0.39, 0.29) is 19.0 Å². The maximum absolute atomic E-state index is 12.3. The molecule has 8 heteroatoms. The summed E-state index contributed by atoms with van der Waals surface area (Å²) < 4.78 is 10.9. The van der Waals surface area contributed by atoms with Crippen molar-refractivity contribution in [3.05, 3.63) is 54.1 Å². The number of piperazine rings is 1. The van der Waals surface area contributed by atoms with Gasteiger partial charge in [0.15, 0.2) is 0 Å². The molecule has 1 heterocycles. The second-order valence-corrected chi connectivity index (χ2v) is 7.92. The zero-order valence-electron chi connectivity index (χ0n) is 19.0. The van der Waals surface area contributed by atoms with Crippen molar-refractivity contribution in [3.8, 4) is 5.75 Å². The van der Waals surface area contributed by atoms with Gasteiger partial charge >= 0.3 is 0 Å². The molecule has 0 unspecified atom stereocenters. The van der Waals surface area contributed by atoms with Crippen LogP contribution in [-0.4, -0.2) is 85.6 Å². The first-order valence-corrected chi connectivity index (χ1v) is 11.1. The highest BCUT2D eigenvalue weighted by Gasteiger charge is 2.19. The van der Waals surface area contributed by atoms with Crippen molar-refractivity contribution in [2.24, 2.45) is 0 Å². The first-order chi connectivity index (χ1) is 15.5. The zero-order chi connectivity index (χ0) is 22.8. The topological polar surface area (TPSA) is 77.5 Å². The van der Waals surface area contributed by atoms with Crippen LogP contribution in [0.4, 0.5) is 11.4 Å². The van der Waals surface area contributed by atoms with Crippen molar-refractivity contribution in [2.45, 2.75) is 13.5 Å².